The summed E-state index contributed by atoms with van der Waals surface area (Å²) in [5.41, 5.74) is 0. The largest absolute Gasteiger partial charge is 2.00 e. The number of carboxylic acid groups (broad SMARTS) is 2. The number of ether oxygens (including phenoxy) is 2. The number of carbonyl (C=O) groups excluding carboxylic acids is 2. The number of aliphatic carboxylic acids is 2. The van der Waals surface area contributed by atoms with Gasteiger partial charge in [-0.3, -0.25) is 0 Å². The van der Waals surface area contributed by atoms with Gasteiger partial charge in [-0.05, 0) is 12.8 Å². The molecule has 6 nitrogen and oxygen atoms in total. The van der Waals surface area contributed by atoms with Crippen LogP contribution in [0.4, 0.5) is 0 Å². The second-order valence-electron chi connectivity index (χ2n) is 12.9. The van der Waals surface area contributed by atoms with E-state index in [0.29, 0.717) is 0 Å². The summed E-state index contributed by atoms with van der Waals surface area (Å²) in [6.07, 6.45) is 35.3. The van der Waals surface area contributed by atoms with E-state index in [1.807, 2.05) is 0 Å². The molecule has 0 saturated carbocycles. The van der Waals surface area contributed by atoms with Crippen LogP contribution < -0.4 is 10.2 Å². The minimum Gasteiger partial charge on any atom is -0.547 e. The molecular weight excluding hydrogens is 616 g/mol. The van der Waals surface area contributed by atoms with Crippen LogP contribution in [-0.4, -0.2) is 81.8 Å². The maximum Gasteiger partial charge on any atom is 2.00 e. The van der Waals surface area contributed by atoms with Gasteiger partial charge >= 0.3 is 45.5 Å². The van der Waals surface area contributed by atoms with Gasteiger partial charge in [0, 0.05) is 0 Å². The third-order valence-electron chi connectivity index (χ3n) is 8.81. The van der Waals surface area contributed by atoms with E-state index in [1.165, 1.54) is 154 Å². The van der Waals surface area contributed by atoms with Crippen molar-refractivity contribution in [3.05, 3.63) is 0 Å². The van der Waals surface area contributed by atoms with E-state index in [-0.39, 0.29) is 57.7 Å². The van der Waals surface area contributed by atoms with Crippen LogP contribution in [0.2, 0.25) is 0 Å². The summed E-state index contributed by atoms with van der Waals surface area (Å²) in [5.74, 6) is -2.09. The third kappa shape index (κ3) is 27.2. The number of carbonyl (C=O) groups is 2. The van der Waals surface area contributed by atoms with Crippen molar-refractivity contribution in [1.82, 2.24) is 0 Å². The monoisotopic (exact) mass is 682 g/mol. The van der Waals surface area contributed by atoms with E-state index in [0.717, 1.165) is 25.7 Å². The van der Waals surface area contributed by atoms with Gasteiger partial charge in [0.2, 0.25) is 0 Å². The van der Waals surface area contributed by atoms with E-state index >= 15 is 0 Å². The number of rotatable bonds is 30. The Kier molecular flexibility index (Phi) is 31.2. The van der Waals surface area contributed by atoms with Crippen LogP contribution in [0.25, 0.3) is 0 Å². The van der Waals surface area contributed by atoms with Crippen LogP contribution in [0.5, 0.6) is 0 Å². The van der Waals surface area contributed by atoms with Gasteiger partial charge < -0.3 is 29.3 Å². The summed E-state index contributed by atoms with van der Waals surface area (Å²) in [6, 6.07) is 0. The molecule has 0 aliphatic carbocycles. The van der Waals surface area contributed by atoms with Gasteiger partial charge in [-0.15, -0.1) is 0 Å². The van der Waals surface area contributed by atoms with Crippen LogP contribution in [0.15, 0.2) is 0 Å². The van der Waals surface area contributed by atoms with E-state index in [1.54, 1.807) is 0 Å². The molecule has 4 unspecified atom stereocenters. The molecule has 0 spiro atoms. The van der Waals surface area contributed by atoms with Crippen molar-refractivity contribution in [2.45, 2.75) is 218 Å². The zero-order chi connectivity index (χ0) is 30.7. The summed E-state index contributed by atoms with van der Waals surface area (Å²) in [7, 11) is 0. The number of hydrogen-bond acceptors (Lipinski definition) is 6. The quantitative estimate of drug-likeness (QED) is 0.0439. The van der Waals surface area contributed by atoms with Crippen LogP contribution in [0.1, 0.15) is 194 Å². The Morgan fingerprint density at radius 1 is 0.419 bits per heavy atom. The fraction of sp³-hybridized carbons (Fsp3) is 0.944. The first-order valence-corrected chi connectivity index (χ1v) is 18.2. The number of epoxide rings is 2. The molecule has 0 aromatic rings. The average molecular weight is 683 g/mol. The van der Waals surface area contributed by atoms with Gasteiger partial charge in [0.25, 0.3) is 0 Å². The first-order valence-electron chi connectivity index (χ1n) is 18.2. The average Bonchev–Trinajstić information content (AvgIpc) is 3.90. The maximum atomic E-state index is 10.5. The van der Waals surface area contributed by atoms with Crippen molar-refractivity contribution >= 4 is 57.4 Å². The van der Waals surface area contributed by atoms with Crippen molar-refractivity contribution in [2.75, 3.05) is 0 Å². The number of carboxylic acids is 2. The Morgan fingerprint density at radius 3 is 0.814 bits per heavy atom. The summed E-state index contributed by atoms with van der Waals surface area (Å²) in [4.78, 5) is 20.9. The molecule has 7 heteroatoms. The van der Waals surface area contributed by atoms with Crippen LogP contribution in [0.3, 0.4) is 0 Å². The number of hydrogen-bond donors (Lipinski definition) is 0. The minimum atomic E-state index is -1.05. The first-order chi connectivity index (χ1) is 20.5. The van der Waals surface area contributed by atoms with Gasteiger partial charge in [-0.2, -0.15) is 0 Å². The topological polar surface area (TPSA) is 105 Å². The summed E-state index contributed by atoms with van der Waals surface area (Å²) in [6.45, 7) is 4.53. The molecule has 2 heterocycles. The van der Waals surface area contributed by atoms with Crippen molar-refractivity contribution in [1.29, 1.82) is 0 Å². The molecule has 43 heavy (non-hydrogen) atoms. The molecule has 2 rings (SSSR count). The molecule has 0 aromatic carbocycles. The standard InChI is InChI=1S/2C18H34O3.Sr/c2*1-2-3-4-5-6-7-8-9-10-11-12-13-14-15-16-17(21-16)18(19)20;/h2*16-17H,2-15H2,1H3,(H,19,20);/q;;+2/p-2. The van der Waals surface area contributed by atoms with Gasteiger partial charge in [-0.1, -0.05) is 181 Å². The predicted octanol–water partition coefficient (Wildman–Crippen LogP) is 7.59. The predicted molar refractivity (Wildman–Crippen MR) is 174 cm³/mol. The molecule has 0 aromatic heterocycles. The molecule has 2 fully saturated rings. The normalized spacial score (nSPS) is 20.1. The van der Waals surface area contributed by atoms with Crippen molar-refractivity contribution in [2.24, 2.45) is 0 Å². The zero-order valence-electron chi connectivity index (χ0n) is 28.3. The van der Waals surface area contributed by atoms with Crippen LogP contribution in [-0.2, 0) is 19.1 Å². The molecule has 4 atom stereocenters. The molecule has 248 valence electrons. The molecule has 2 aliphatic heterocycles. The smallest absolute Gasteiger partial charge is 0.547 e. The van der Waals surface area contributed by atoms with Crippen molar-refractivity contribution in [3.63, 3.8) is 0 Å². The van der Waals surface area contributed by atoms with E-state index in [4.69, 9.17) is 9.47 Å². The van der Waals surface area contributed by atoms with E-state index in [2.05, 4.69) is 13.8 Å². The second-order valence-corrected chi connectivity index (χ2v) is 12.9. The SMILES string of the molecule is CCCCCCCCCCCCCCCC1OC1C(=O)[O-].CCCCCCCCCCCCCCCC1OC1C(=O)[O-].[Sr+2]. The summed E-state index contributed by atoms with van der Waals surface area (Å²) >= 11 is 0. The molecule has 0 amide bonds. The first kappa shape index (κ1) is 43.3. The van der Waals surface area contributed by atoms with Gasteiger partial charge in [0.15, 0.2) is 0 Å². The Bertz CT molecular complexity index is 591. The fourth-order valence-corrected chi connectivity index (χ4v) is 5.87. The molecule has 0 radical (unpaired) electrons. The Morgan fingerprint density at radius 2 is 0.628 bits per heavy atom. The Balaban J connectivity index is 0.000000802. The summed E-state index contributed by atoms with van der Waals surface area (Å²) < 4.78 is 10.0. The van der Waals surface area contributed by atoms with Crippen molar-refractivity contribution < 1.29 is 29.3 Å². The summed E-state index contributed by atoms with van der Waals surface area (Å²) in [5, 5.41) is 20.9. The maximum absolute atomic E-state index is 10.5. The third-order valence-corrected chi connectivity index (χ3v) is 8.81. The molecule has 0 N–H and O–H groups in total. The molecule has 2 saturated heterocycles. The van der Waals surface area contributed by atoms with E-state index < -0.39 is 24.1 Å². The fourth-order valence-electron chi connectivity index (χ4n) is 5.87. The van der Waals surface area contributed by atoms with Gasteiger partial charge in [0.1, 0.15) is 12.2 Å². The van der Waals surface area contributed by atoms with Crippen molar-refractivity contribution in [3.8, 4) is 0 Å². The molecule has 2 aliphatic rings. The van der Waals surface area contributed by atoms with Gasteiger partial charge in [-0.25, -0.2) is 0 Å². The molecular formula is C36H66O6Sr. The van der Waals surface area contributed by atoms with E-state index in [9.17, 15) is 19.8 Å². The minimum absolute atomic E-state index is 0. The Hall–Kier alpha value is 0.341. The van der Waals surface area contributed by atoms with Gasteiger partial charge in [0.05, 0.1) is 24.1 Å². The van der Waals surface area contributed by atoms with Crippen LogP contribution >= 0.6 is 0 Å². The molecule has 0 bridgehead atoms. The second kappa shape index (κ2) is 31.0. The number of unbranched alkanes of at least 4 members (excludes halogenated alkanes) is 24. The zero-order valence-corrected chi connectivity index (χ0v) is 31.7. The Labute approximate surface area is 302 Å². The van der Waals surface area contributed by atoms with Crippen LogP contribution in [0, 0.1) is 0 Å².